The minimum Gasteiger partial charge on any atom is -0.497 e. The Morgan fingerprint density at radius 3 is 2.54 bits per heavy atom. The molecule has 4 aromatic rings. The van der Waals surface area contributed by atoms with Gasteiger partial charge in [-0.15, -0.1) is 0 Å². The first-order chi connectivity index (χ1) is 22.1. The van der Waals surface area contributed by atoms with Crippen LogP contribution in [0.5, 0.6) is 11.5 Å². The van der Waals surface area contributed by atoms with E-state index in [1.54, 1.807) is 26.0 Å². The zero-order valence-electron chi connectivity index (χ0n) is 27.1. The van der Waals surface area contributed by atoms with Crippen LogP contribution in [-0.4, -0.2) is 57.6 Å². The molecule has 4 atom stereocenters. The van der Waals surface area contributed by atoms with Crippen LogP contribution in [0.15, 0.2) is 77.5 Å². The Bertz CT molecular complexity index is 1750. The number of imidazole rings is 1. The summed E-state index contributed by atoms with van der Waals surface area (Å²) >= 11 is 1.55. The van der Waals surface area contributed by atoms with E-state index in [2.05, 4.69) is 37.0 Å². The number of carbonyl (C=O) groups excluding carboxylic acids is 1. The summed E-state index contributed by atoms with van der Waals surface area (Å²) in [5.74, 6) is 1.85. The molecule has 3 aliphatic carbocycles. The summed E-state index contributed by atoms with van der Waals surface area (Å²) in [4.78, 5) is 22.4. The molecule has 46 heavy (non-hydrogen) atoms. The zero-order chi connectivity index (χ0) is 32.5. The molecule has 0 unspecified atom stereocenters. The Balaban J connectivity index is 1.38. The quantitative estimate of drug-likeness (QED) is 0.108. The molecule has 0 saturated heterocycles. The van der Waals surface area contributed by atoms with E-state index in [1.165, 1.54) is 5.57 Å². The van der Waals surface area contributed by atoms with E-state index in [1.807, 2.05) is 48.5 Å². The topological polar surface area (TPSA) is 105 Å². The minimum absolute atomic E-state index is 0.0362. The number of carbonyl (C=O) groups is 1. The minimum atomic E-state index is -0.993. The van der Waals surface area contributed by atoms with E-state index in [0.717, 1.165) is 58.7 Å². The number of hydrogen-bond acceptors (Lipinski definition) is 7. The Labute approximate surface area is 275 Å². The van der Waals surface area contributed by atoms with Crippen LogP contribution in [0.3, 0.4) is 0 Å². The van der Waals surface area contributed by atoms with Gasteiger partial charge in [-0.05, 0) is 111 Å². The van der Waals surface area contributed by atoms with Crippen LogP contribution >= 0.6 is 11.8 Å². The molecule has 3 aliphatic rings. The molecular formula is C38H44N2O5S. The molecule has 0 spiro atoms. The van der Waals surface area contributed by atoms with E-state index >= 15 is 0 Å². The number of ketones is 1. The number of fused-ring (bicyclic) bond motifs is 9. The van der Waals surface area contributed by atoms with Crippen molar-refractivity contribution in [1.82, 2.24) is 9.97 Å². The number of nitrogens with one attached hydrogen (secondary N) is 1. The number of ether oxygens (including phenoxy) is 2. The summed E-state index contributed by atoms with van der Waals surface area (Å²) in [6.07, 6.45) is 6.71. The third-order valence-corrected chi connectivity index (χ3v) is 11.5. The van der Waals surface area contributed by atoms with Crippen molar-refractivity contribution in [2.75, 3.05) is 20.0 Å². The fourth-order valence-corrected chi connectivity index (χ4v) is 8.61. The Morgan fingerprint density at radius 1 is 1.02 bits per heavy atom. The van der Waals surface area contributed by atoms with Crippen LogP contribution in [0.1, 0.15) is 85.3 Å². The molecule has 0 radical (unpaired) electrons. The van der Waals surface area contributed by atoms with Crippen molar-refractivity contribution in [1.29, 1.82) is 0 Å². The maximum Gasteiger partial charge on any atom is 0.193 e. The Kier molecular flexibility index (Phi) is 9.33. The highest BCUT2D eigenvalue weighted by atomic mass is 32.2. The van der Waals surface area contributed by atoms with Gasteiger partial charge in [-0.2, -0.15) is 0 Å². The molecule has 1 saturated carbocycles. The predicted molar refractivity (Wildman–Crippen MR) is 183 cm³/mol. The smallest absolute Gasteiger partial charge is 0.193 e. The number of aliphatic hydroxyl groups excluding tert-OH is 1. The van der Waals surface area contributed by atoms with Crippen LogP contribution < -0.4 is 9.47 Å². The summed E-state index contributed by atoms with van der Waals surface area (Å²) in [5.41, 5.74) is 4.67. The van der Waals surface area contributed by atoms with E-state index in [0.29, 0.717) is 41.9 Å². The van der Waals surface area contributed by atoms with E-state index in [4.69, 9.17) is 14.5 Å². The van der Waals surface area contributed by atoms with Crippen molar-refractivity contribution in [3.05, 3.63) is 94.6 Å². The molecule has 2 bridgehead atoms. The third kappa shape index (κ3) is 6.35. The van der Waals surface area contributed by atoms with Crippen molar-refractivity contribution in [3.63, 3.8) is 0 Å². The molecule has 8 heteroatoms. The summed E-state index contributed by atoms with van der Waals surface area (Å²) in [6.45, 7) is 4.34. The van der Waals surface area contributed by atoms with Crippen molar-refractivity contribution in [2.45, 2.75) is 81.6 Å². The lowest BCUT2D eigenvalue weighted by Gasteiger charge is -2.44. The fraction of sp³-hybridized carbons (Fsp3) is 0.421. The van der Waals surface area contributed by atoms with Gasteiger partial charge in [0.1, 0.15) is 11.5 Å². The number of rotatable bonds is 7. The monoisotopic (exact) mass is 640 g/mol. The number of hydrogen-bond donors (Lipinski definition) is 3. The number of thioether (sulfide) groups is 1. The summed E-state index contributed by atoms with van der Waals surface area (Å²) in [7, 11) is 3.26. The second-order valence-electron chi connectivity index (χ2n) is 13.2. The number of aromatic nitrogens is 2. The van der Waals surface area contributed by atoms with Crippen LogP contribution in [0.4, 0.5) is 0 Å². The first-order valence-corrected chi connectivity index (χ1v) is 17.2. The van der Waals surface area contributed by atoms with Gasteiger partial charge in [0.25, 0.3) is 0 Å². The molecule has 1 fully saturated rings. The number of aliphatic hydroxyl groups is 2. The predicted octanol–water partition coefficient (Wildman–Crippen LogP) is 7.64. The maximum absolute atomic E-state index is 14.2. The number of nitrogens with zero attached hydrogens (tertiary/aromatic N) is 1. The van der Waals surface area contributed by atoms with Gasteiger partial charge in [-0.1, -0.05) is 42.5 Å². The van der Waals surface area contributed by atoms with Crippen LogP contribution in [0.25, 0.3) is 11.0 Å². The molecule has 1 heterocycles. The fourth-order valence-electron chi connectivity index (χ4n) is 7.42. The number of allylic oxidation sites excluding steroid dienone is 2. The average molecular weight is 641 g/mol. The molecule has 3 aromatic carbocycles. The van der Waals surface area contributed by atoms with Gasteiger partial charge >= 0.3 is 0 Å². The molecule has 7 rings (SSSR count). The first-order valence-electron chi connectivity index (χ1n) is 16.2. The third-order valence-electron chi connectivity index (χ3n) is 10.4. The molecule has 1 aromatic heterocycles. The Hall–Kier alpha value is -3.59. The van der Waals surface area contributed by atoms with Crippen molar-refractivity contribution in [2.24, 2.45) is 5.41 Å². The lowest BCUT2D eigenvalue weighted by molar-refractivity contribution is -0.0422. The van der Waals surface area contributed by atoms with Gasteiger partial charge in [-0.25, -0.2) is 4.98 Å². The van der Waals surface area contributed by atoms with Crippen LogP contribution in [0, 0.1) is 5.41 Å². The van der Waals surface area contributed by atoms with E-state index < -0.39 is 17.1 Å². The number of H-pyrrole nitrogens is 1. The number of benzene rings is 3. The lowest BCUT2D eigenvalue weighted by Crippen LogP contribution is -2.46. The second-order valence-corrected chi connectivity index (χ2v) is 14.2. The molecular weight excluding hydrogens is 596 g/mol. The Morgan fingerprint density at radius 2 is 1.78 bits per heavy atom. The molecule has 7 nitrogen and oxygen atoms in total. The molecule has 0 amide bonds. The average Bonchev–Trinajstić information content (AvgIpc) is 3.59. The van der Waals surface area contributed by atoms with Gasteiger partial charge in [0.2, 0.25) is 0 Å². The molecule has 242 valence electrons. The van der Waals surface area contributed by atoms with Crippen molar-refractivity contribution >= 4 is 28.6 Å². The second kappa shape index (κ2) is 13.3. The van der Waals surface area contributed by atoms with E-state index in [9.17, 15) is 15.0 Å². The largest absolute Gasteiger partial charge is 0.497 e. The van der Waals surface area contributed by atoms with Crippen LogP contribution in [-0.2, 0) is 6.42 Å². The van der Waals surface area contributed by atoms with Gasteiger partial charge in [-0.3, -0.25) is 4.79 Å². The highest BCUT2D eigenvalue weighted by molar-refractivity contribution is 7.99. The number of aromatic amines is 1. The van der Waals surface area contributed by atoms with Gasteiger partial charge in [0.05, 0.1) is 37.0 Å². The van der Waals surface area contributed by atoms with E-state index in [-0.39, 0.29) is 11.7 Å². The summed E-state index contributed by atoms with van der Waals surface area (Å²) in [6, 6.07) is 19.1. The highest BCUT2D eigenvalue weighted by Gasteiger charge is 2.56. The number of methoxy groups -OCH3 is 2. The highest BCUT2D eigenvalue weighted by Crippen LogP contribution is 2.59. The molecule has 0 aliphatic heterocycles. The molecule has 3 N–H and O–H groups in total. The lowest BCUT2D eigenvalue weighted by atomic mass is 9.65. The van der Waals surface area contributed by atoms with Gasteiger partial charge in [0, 0.05) is 28.4 Å². The first kappa shape index (κ1) is 32.4. The van der Waals surface area contributed by atoms with Gasteiger partial charge < -0.3 is 24.7 Å². The maximum atomic E-state index is 14.2. The summed E-state index contributed by atoms with van der Waals surface area (Å²) in [5, 5.41) is 24.2. The van der Waals surface area contributed by atoms with Crippen molar-refractivity contribution in [3.8, 4) is 11.5 Å². The van der Waals surface area contributed by atoms with Crippen LogP contribution in [0.2, 0.25) is 0 Å². The standard InChI is InChI=1S/C38H44N2O5S/c1-24-6-5-18-37(2)32(17-19-38(37,43)23-46-36-39-33-16-14-29(45-4)22-34(33)40-36)30-15-8-25(20-27(41)11-7-24)21-31(30)35(42)26-9-12-28(44-3)13-10-26/h6,8-10,12-16,21-22,27,32,41,43H,5,7,11,17-20,23H2,1-4H3,(H,39,40)/t27-,32-,37-,38+/m0/s1. The summed E-state index contributed by atoms with van der Waals surface area (Å²) < 4.78 is 10.7. The van der Waals surface area contributed by atoms with Gasteiger partial charge in [0.15, 0.2) is 10.9 Å². The zero-order valence-corrected chi connectivity index (χ0v) is 28.0. The SMILES string of the molecule is COc1ccc(C(=O)c2cc3ccc2[C@@H]2CC[C@@](O)(CSc4nc5ccc(OC)cc5[nH]4)[C@@]2(C)CCC=C(C)CC[C@H](O)C3)cc1. The van der Waals surface area contributed by atoms with Crippen molar-refractivity contribution < 1.29 is 24.5 Å². The normalized spacial score (nSPS) is 25.1.